The Morgan fingerprint density at radius 2 is 1.96 bits per heavy atom. The number of nitrogens with zero attached hydrogens (tertiary/aromatic N) is 5. The van der Waals surface area contributed by atoms with Crippen LogP contribution in [0, 0.1) is 5.92 Å². The van der Waals surface area contributed by atoms with E-state index in [0.29, 0.717) is 37.3 Å². The standard InChI is InChI=1S/C31H33ClF5N9O5/c1-44-22(19-14-46(24-8-30(24,33)34)43-25(19)31(35,36)37)11-39-26(44)28(49)41-17-4-5-18(20(32)7-17)27(48)40-9-16-3-2-6-45(13-16)29(50)42-21-10-38-12-23(21)51-15-47/h4-5,7,11,14-16,21,23-24,38H,2-3,6,8-10,12-13H2,1H3,(H,40,48)(H,41,49)(H,42,50)/t16?,21-,23-,24?/m0/s1. The molecule has 3 fully saturated rings. The van der Waals surface area contributed by atoms with Gasteiger partial charge in [0.1, 0.15) is 12.1 Å². The molecule has 1 saturated carbocycles. The lowest BCUT2D eigenvalue weighted by atomic mass is 9.98. The van der Waals surface area contributed by atoms with Gasteiger partial charge in [0, 0.05) is 58.1 Å². The topological polar surface area (TPSA) is 165 Å². The monoisotopic (exact) mass is 741 g/mol. The van der Waals surface area contributed by atoms with E-state index < -0.39 is 53.7 Å². The molecule has 4 atom stereocenters. The molecule has 14 nitrogen and oxygen atoms in total. The molecule has 51 heavy (non-hydrogen) atoms. The second kappa shape index (κ2) is 14.1. The van der Waals surface area contributed by atoms with E-state index in [1.807, 2.05) is 0 Å². The van der Waals surface area contributed by atoms with Crippen LogP contribution in [-0.4, -0.2) is 99.3 Å². The van der Waals surface area contributed by atoms with Crippen LogP contribution in [0.4, 0.5) is 32.4 Å². The summed E-state index contributed by atoms with van der Waals surface area (Å²) in [6, 6.07) is 2.00. The first-order valence-electron chi connectivity index (χ1n) is 16.0. The third-order valence-electron chi connectivity index (χ3n) is 9.11. The SMILES string of the molecule is Cn1c(-c2cn(C3CC3(F)F)nc2C(F)(F)F)cnc1C(=O)Nc1ccc(C(=O)NCC2CCCN(C(=O)N[C@H]3CNC[C@@H]3OC=O)C2)c(Cl)c1. The first-order valence-corrected chi connectivity index (χ1v) is 16.3. The van der Waals surface area contributed by atoms with E-state index in [0.717, 1.165) is 29.8 Å². The van der Waals surface area contributed by atoms with E-state index in [4.69, 9.17) is 16.3 Å². The van der Waals surface area contributed by atoms with Gasteiger partial charge in [-0.15, -0.1) is 0 Å². The van der Waals surface area contributed by atoms with Crippen molar-refractivity contribution in [3.8, 4) is 11.3 Å². The van der Waals surface area contributed by atoms with Gasteiger partial charge in [0.2, 0.25) is 0 Å². The zero-order valence-corrected chi connectivity index (χ0v) is 27.7. The molecule has 4 amide bonds. The van der Waals surface area contributed by atoms with Crippen LogP contribution in [0.3, 0.4) is 0 Å². The number of imidazole rings is 1. The number of carbonyl (C=O) groups is 4. The molecule has 2 aliphatic heterocycles. The highest BCUT2D eigenvalue weighted by atomic mass is 35.5. The van der Waals surface area contributed by atoms with E-state index in [1.165, 1.54) is 25.2 Å². The maximum Gasteiger partial charge on any atom is 0.435 e. The molecule has 0 bridgehead atoms. The fraction of sp³-hybridized carbons (Fsp3) is 0.484. The second-order valence-corrected chi connectivity index (χ2v) is 13.1. The van der Waals surface area contributed by atoms with E-state index >= 15 is 0 Å². The minimum absolute atomic E-state index is 0.00635. The normalized spacial score (nSPS) is 22.7. The van der Waals surface area contributed by atoms with Crippen molar-refractivity contribution in [2.75, 3.05) is 38.0 Å². The lowest BCUT2D eigenvalue weighted by molar-refractivity contribution is -0.141. The number of aromatic nitrogens is 4. The summed E-state index contributed by atoms with van der Waals surface area (Å²) >= 11 is 6.38. The number of nitrogens with one attached hydrogen (secondary N) is 4. The number of rotatable bonds is 10. The Kier molecular flexibility index (Phi) is 9.95. The number of amides is 4. The van der Waals surface area contributed by atoms with Crippen molar-refractivity contribution in [1.82, 2.24) is 40.2 Å². The van der Waals surface area contributed by atoms with Gasteiger partial charge in [-0.05, 0) is 37.0 Å². The number of halogens is 6. The van der Waals surface area contributed by atoms with Gasteiger partial charge >= 0.3 is 12.2 Å². The highest BCUT2D eigenvalue weighted by Gasteiger charge is 2.59. The maximum atomic E-state index is 13.8. The van der Waals surface area contributed by atoms with Crippen LogP contribution in [-0.2, 0) is 22.8 Å². The number of alkyl halides is 5. The van der Waals surface area contributed by atoms with Crippen molar-refractivity contribution in [1.29, 1.82) is 0 Å². The third-order valence-corrected chi connectivity index (χ3v) is 9.42. The predicted octanol–water partition coefficient (Wildman–Crippen LogP) is 3.45. The second-order valence-electron chi connectivity index (χ2n) is 12.7. The van der Waals surface area contributed by atoms with Gasteiger partial charge in [-0.25, -0.2) is 18.6 Å². The molecule has 3 aromatic rings. The number of hydrogen-bond donors (Lipinski definition) is 4. The van der Waals surface area contributed by atoms with Crippen molar-refractivity contribution in [3.05, 3.63) is 52.7 Å². The number of likely N-dealkylation sites (tertiary alicyclic amines) is 1. The Morgan fingerprint density at radius 3 is 2.65 bits per heavy atom. The molecule has 1 aliphatic carbocycles. The van der Waals surface area contributed by atoms with E-state index in [2.05, 4.69) is 31.3 Å². The van der Waals surface area contributed by atoms with Gasteiger partial charge in [0.25, 0.3) is 24.2 Å². The smallest absolute Gasteiger partial charge is 0.435 e. The van der Waals surface area contributed by atoms with E-state index in [1.54, 1.807) is 4.90 Å². The molecule has 6 rings (SSSR count). The quantitative estimate of drug-likeness (QED) is 0.181. The molecule has 0 spiro atoms. The molecule has 2 saturated heterocycles. The lowest BCUT2D eigenvalue weighted by Crippen LogP contribution is -2.53. The van der Waals surface area contributed by atoms with Crippen LogP contribution in [0.5, 0.6) is 0 Å². The van der Waals surface area contributed by atoms with E-state index in [9.17, 15) is 41.1 Å². The largest absolute Gasteiger partial charge is 0.461 e. The molecule has 2 aromatic heterocycles. The highest BCUT2D eigenvalue weighted by molar-refractivity contribution is 6.34. The first kappa shape index (κ1) is 36.0. The van der Waals surface area contributed by atoms with Crippen molar-refractivity contribution in [2.24, 2.45) is 13.0 Å². The van der Waals surface area contributed by atoms with Crippen molar-refractivity contribution in [2.45, 2.75) is 49.5 Å². The summed E-state index contributed by atoms with van der Waals surface area (Å²) < 4.78 is 75.2. The van der Waals surface area contributed by atoms with Gasteiger partial charge in [-0.1, -0.05) is 11.6 Å². The zero-order valence-electron chi connectivity index (χ0n) is 27.0. The van der Waals surface area contributed by atoms with E-state index in [-0.39, 0.29) is 52.3 Å². The minimum atomic E-state index is -4.96. The molecule has 3 aliphatic rings. The Bertz CT molecular complexity index is 1830. The van der Waals surface area contributed by atoms with Crippen LogP contribution >= 0.6 is 11.6 Å². The summed E-state index contributed by atoms with van der Waals surface area (Å²) in [7, 11) is 1.30. The van der Waals surface area contributed by atoms with Gasteiger partial charge < -0.3 is 35.5 Å². The number of anilines is 1. The molecule has 0 radical (unpaired) electrons. The number of urea groups is 1. The summed E-state index contributed by atoms with van der Waals surface area (Å²) in [6.07, 6.45) is -2.66. The summed E-state index contributed by atoms with van der Waals surface area (Å²) in [5.74, 6) is -4.78. The Hall–Kier alpha value is -4.78. The fourth-order valence-corrected chi connectivity index (χ4v) is 6.55. The van der Waals surface area contributed by atoms with Crippen LogP contribution in [0.1, 0.15) is 52.0 Å². The lowest BCUT2D eigenvalue weighted by Gasteiger charge is -2.34. The molecule has 1 aromatic carbocycles. The summed E-state index contributed by atoms with van der Waals surface area (Å²) in [5, 5.41) is 14.7. The van der Waals surface area contributed by atoms with Gasteiger partial charge in [0.05, 0.1) is 34.1 Å². The molecule has 4 N–H and O–H groups in total. The van der Waals surface area contributed by atoms with Crippen LogP contribution in [0.15, 0.2) is 30.6 Å². The van der Waals surface area contributed by atoms with Gasteiger partial charge in [0.15, 0.2) is 11.5 Å². The number of ether oxygens (including phenoxy) is 1. The van der Waals surface area contributed by atoms with Crippen LogP contribution in [0.2, 0.25) is 5.02 Å². The number of hydrogen-bond acceptors (Lipinski definition) is 8. The van der Waals surface area contributed by atoms with Crippen molar-refractivity contribution in [3.63, 3.8) is 0 Å². The third kappa shape index (κ3) is 7.78. The van der Waals surface area contributed by atoms with Crippen LogP contribution < -0.4 is 21.3 Å². The summed E-state index contributed by atoms with van der Waals surface area (Å²) in [6.45, 7) is 2.47. The van der Waals surface area contributed by atoms with Crippen molar-refractivity contribution < 1.29 is 45.9 Å². The minimum Gasteiger partial charge on any atom is -0.461 e. The molecule has 2 unspecified atom stereocenters. The fourth-order valence-electron chi connectivity index (χ4n) is 6.28. The Labute approximate surface area is 292 Å². The zero-order chi connectivity index (χ0) is 36.7. The summed E-state index contributed by atoms with van der Waals surface area (Å²) in [5.41, 5.74) is -1.78. The number of benzene rings is 1. The Balaban J connectivity index is 1.05. The van der Waals surface area contributed by atoms with Crippen LogP contribution in [0.25, 0.3) is 11.3 Å². The summed E-state index contributed by atoms with van der Waals surface area (Å²) in [4.78, 5) is 55.3. The number of carbonyl (C=O) groups excluding carboxylic acids is 4. The maximum absolute atomic E-state index is 13.8. The predicted molar refractivity (Wildman–Crippen MR) is 170 cm³/mol. The molecular formula is C31H33ClF5N9O5. The van der Waals surface area contributed by atoms with Crippen molar-refractivity contribution >= 4 is 41.6 Å². The van der Waals surface area contributed by atoms with Gasteiger partial charge in [-0.2, -0.15) is 18.3 Å². The average molecular weight is 742 g/mol. The van der Waals surface area contributed by atoms with Gasteiger partial charge in [-0.3, -0.25) is 19.1 Å². The number of piperidine rings is 1. The Morgan fingerprint density at radius 1 is 1.20 bits per heavy atom. The molecule has 4 heterocycles. The highest BCUT2D eigenvalue weighted by Crippen LogP contribution is 2.53. The average Bonchev–Trinajstić information content (AvgIpc) is 3.48. The molecule has 20 heteroatoms. The first-order chi connectivity index (χ1) is 24.2. The molecule has 274 valence electrons. The molecular weight excluding hydrogens is 709 g/mol.